The Kier molecular flexibility index (Phi) is 6.31. The molecule has 1 aliphatic heterocycles. The van der Waals surface area contributed by atoms with Crippen molar-refractivity contribution in [3.8, 4) is 0 Å². The number of hydrogen-bond acceptors (Lipinski definition) is 6. The van der Waals surface area contributed by atoms with E-state index in [0.29, 0.717) is 29.3 Å². The first-order valence-corrected chi connectivity index (χ1v) is 12.1. The summed E-state index contributed by atoms with van der Waals surface area (Å²) < 4.78 is 30.2. The zero-order valence-corrected chi connectivity index (χ0v) is 18.8. The number of carbonyl (C=O) groups excluding carboxylic acids is 1. The number of hydrogen-bond donors (Lipinski definition) is 2. The number of ether oxygens (including phenoxy) is 1. The minimum Gasteiger partial charge on any atom is -0.392 e. The van der Waals surface area contributed by atoms with E-state index in [-0.39, 0.29) is 12.1 Å². The van der Waals surface area contributed by atoms with Crippen LogP contribution in [0.15, 0.2) is 29.4 Å². The van der Waals surface area contributed by atoms with Gasteiger partial charge in [-0.15, -0.1) is 0 Å². The van der Waals surface area contributed by atoms with Gasteiger partial charge in [-0.3, -0.25) is 4.72 Å². The molecule has 0 radical (unpaired) electrons. The fourth-order valence-electron chi connectivity index (χ4n) is 4.04. The minimum atomic E-state index is -3.32. The van der Waals surface area contributed by atoms with Crippen molar-refractivity contribution in [2.45, 2.75) is 65.0 Å². The molecular weight excluding hydrogens is 406 g/mol. The smallest absolute Gasteiger partial charge is 0.392 e. The molecule has 1 aromatic rings. The highest BCUT2D eigenvalue weighted by atomic mass is 32.2. The summed E-state index contributed by atoms with van der Waals surface area (Å²) in [6.45, 7) is 7.08. The lowest BCUT2D eigenvalue weighted by atomic mass is 9.68. The molecule has 0 aromatic heterocycles. The van der Waals surface area contributed by atoms with Crippen molar-refractivity contribution in [2.24, 2.45) is 16.5 Å². The van der Waals surface area contributed by atoms with Gasteiger partial charge in [-0.25, -0.2) is 13.2 Å². The monoisotopic (exact) mass is 437 g/mol. The molecule has 0 bridgehead atoms. The molecule has 1 amide bonds. The average Bonchev–Trinajstić information content (AvgIpc) is 3.01. The van der Waals surface area contributed by atoms with Crippen LogP contribution in [0.1, 0.15) is 58.4 Å². The summed E-state index contributed by atoms with van der Waals surface area (Å²) in [4.78, 5) is 17.8. The summed E-state index contributed by atoms with van der Waals surface area (Å²) >= 11 is 0. The molecule has 1 heterocycles. The van der Waals surface area contributed by atoms with E-state index in [9.17, 15) is 13.2 Å². The lowest BCUT2D eigenvalue weighted by molar-refractivity contribution is -0.0640. The van der Waals surface area contributed by atoms with E-state index < -0.39 is 16.1 Å². The minimum absolute atomic E-state index is 0.254. The zero-order valence-electron chi connectivity index (χ0n) is 18.0. The topological polar surface area (TPSA) is 106 Å². The number of oxime groups is 1. The second-order valence-corrected chi connectivity index (χ2v) is 11.1. The molecular formula is C21H31N3O5S. The first-order chi connectivity index (χ1) is 13.9. The lowest BCUT2D eigenvalue weighted by Crippen LogP contribution is -2.38. The first kappa shape index (κ1) is 22.4. The Labute approximate surface area is 178 Å². The summed E-state index contributed by atoms with van der Waals surface area (Å²) in [6.07, 6.45) is 5.03. The Bertz CT molecular complexity index is 896. The van der Waals surface area contributed by atoms with Crippen LogP contribution in [0.4, 0.5) is 10.5 Å². The maximum atomic E-state index is 12.1. The third-order valence-electron chi connectivity index (χ3n) is 5.84. The maximum absolute atomic E-state index is 12.1. The number of anilines is 1. The molecule has 1 aromatic carbocycles. The molecule has 2 aliphatic rings. The molecule has 9 heteroatoms. The molecule has 0 saturated heterocycles. The largest absolute Gasteiger partial charge is 0.414 e. The predicted molar refractivity (Wildman–Crippen MR) is 116 cm³/mol. The molecule has 8 nitrogen and oxygen atoms in total. The second kappa shape index (κ2) is 8.45. The van der Waals surface area contributed by atoms with Gasteiger partial charge < -0.3 is 14.9 Å². The Morgan fingerprint density at radius 1 is 1.23 bits per heavy atom. The Balaban J connectivity index is 1.43. The van der Waals surface area contributed by atoms with E-state index in [4.69, 9.17) is 9.57 Å². The van der Waals surface area contributed by atoms with E-state index >= 15 is 0 Å². The molecule has 1 saturated carbocycles. The molecule has 0 unspecified atom stereocenters. The summed E-state index contributed by atoms with van der Waals surface area (Å²) in [6, 6.07) is 6.73. The fraction of sp³-hybridized carbons (Fsp3) is 0.619. The van der Waals surface area contributed by atoms with Crippen molar-refractivity contribution in [3.63, 3.8) is 0 Å². The van der Waals surface area contributed by atoms with Gasteiger partial charge in [-0.05, 0) is 54.7 Å². The molecule has 1 aliphatic carbocycles. The van der Waals surface area contributed by atoms with Crippen molar-refractivity contribution in [1.82, 2.24) is 5.32 Å². The number of sulfonamides is 1. The number of nitrogens with zero attached hydrogens (tertiary/aromatic N) is 1. The molecule has 1 fully saturated rings. The first-order valence-electron chi connectivity index (χ1n) is 10.2. The summed E-state index contributed by atoms with van der Waals surface area (Å²) in [5.41, 5.74) is 1.24. The zero-order chi connectivity index (χ0) is 22.0. The predicted octanol–water partition coefficient (Wildman–Crippen LogP) is 3.99. The molecule has 1 spiro atoms. The van der Waals surface area contributed by atoms with Crippen molar-refractivity contribution in [3.05, 3.63) is 29.8 Å². The van der Waals surface area contributed by atoms with Crippen LogP contribution in [-0.2, 0) is 26.1 Å². The Morgan fingerprint density at radius 3 is 2.43 bits per heavy atom. The van der Waals surface area contributed by atoms with Gasteiger partial charge in [-0.1, -0.05) is 38.1 Å². The highest BCUT2D eigenvalue weighted by Crippen LogP contribution is 2.46. The van der Waals surface area contributed by atoms with Crippen LogP contribution in [0.2, 0.25) is 0 Å². The van der Waals surface area contributed by atoms with Gasteiger partial charge in [0, 0.05) is 12.2 Å². The highest BCUT2D eigenvalue weighted by Gasteiger charge is 2.45. The number of rotatable bonds is 4. The number of carbonyl (C=O) groups is 1. The van der Waals surface area contributed by atoms with Crippen LogP contribution in [0.25, 0.3) is 0 Å². The fourth-order valence-corrected chi connectivity index (χ4v) is 4.61. The van der Waals surface area contributed by atoms with Crippen molar-refractivity contribution >= 4 is 27.7 Å². The molecule has 30 heavy (non-hydrogen) atoms. The number of amides is 1. The molecule has 166 valence electrons. The number of benzene rings is 1. The standard InChI is InChI=1S/C21H31N3O5S/c1-20(2,3)16-9-11-21(12-10-16)13-18(23-29-21)28-19(25)22-14-15-5-7-17(8-6-15)24-30(4,26)27/h5-8,16,24H,9-14H2,1-4H3,(H,22,25)/t16-,21-. The number of alkyl carbamates (subject to hydrolysis) is 1. The van der Waals surface area contributed by atoms with Crippen LogP contribution < -0.4 is 10.0 Å². The van der Waals surface area contributed by atoms with E-state index in [2.05, 4.69) is 36.0 Å². The van der Waals surface area contributed by atoms with Crippen LogP contribution >= 0.6 is 0 Å². The normalized spacial score (nSPS) is 24.1. The van der Waals surface area contributed by atoms with E-state index in [1.165, 1.54) is 0 Å². The van der Waals surface area contributed by atoms with E-state index in [0.717, 1.165) is 37.5 Å². The summed E-state index contributed by atoms with van der Waals surface area (Å²) in [5.74, 6) is 0.980. The van der Waals surface area contributed by atoms with Crippen LogP contribution in [0, 0.1) is 11.3 Å². The quantitative estimate of drug-likeness (QED) is 0.741. The summed E-state index contributed by atoms with van der Waals surface area (Å²) in [7, 11) is -3.32. The van der Waals surface area contributed by atoms with Crippen molar-refractivity contribution in [2.75, 3.05) is 11.0 Å². The second-order valence-electron chi connectivity index (χ2n) is 9.39. The van der Waals surface area contributed by atoms with Crippen molar-refractivity contribution < 1.29 is 22.8 Å². The van der Waals surface area contributed by atoms with Crippen LogP contribution in [0.5, 0.6) is 0 Å². The Hall–Kier alpha value is -2.29. The van der Waals surface area contributed by atoms with E-state index in [1.807, 2.05) is 0 Å². The van der Waals surface area contributed by atoms with Crippen LogP contribution in [0.3, 0.4) is 0 Å². The van der Waals surface area contributed by atoms with Gasteiger partial charge in [0.05, 0.1) is 12.7 Å². The average molecular weight is 438 g/mol. The maximum Gasteiger partial charge on any atom is 0.414 e. The SMILES string of the molecule is CC(C)(C)[C@H]1CC[C@]2(CC1)CC(OC(=O)NCc1ccc(NS(C)(=O)=O)cc1)=NO2. The molecule has 3 rings (SSSR count). The molecule has 2 N–H and O–H groups in total. The van der Waals surface area contributed by atoms with Gasteiger partial charge in [0.1, 0.15) is 5.60 Å². The van der Waals surface area contributed by atoms with Gasteiger partial charge in [0.2, 0.25) is 15.9 Å². The highest BCUT2D eigenvalue weighted by molar-refractivity contribution is 7.92. The summed E-state index contributed by atoms with van der Waals surface area (Å²) in [5, 5.41) is 6.68. The third-order valence-corrected chi connectivity index (χ3v) is 6.45. The van der Waals surface area contributed by atoms with Gasteiger partial charge in [0.15, 0.2) is 0 Å². The van der Waals surface area contributed by atoms with Gasteiger partial charge in [-0.2, -0.15) is 0 Å². The number of nitrogens with one attached hydrogen (secondary N) is 2. The van der Waals surface area contributed by atoms with Gasteiger partial charge >= 0.3 is 6.09 Å². The van der Waals surface area contributed by atoms with Crippen molar-refractivity contribution in [1.29, 1.82) is 0 Å². The van der Waals surface area contributed by atoms with Gasteiger partial charge in [0.25, 0.3) is 0 Å². The molecule has 0 atom stereocenters. The Morgan fingerprint density at radius 2 is 1.87 bits per heavy atom. The lowest BCUT2D eigenvalue weighted by Gasteiger charge is -2.40. The van der Waals surface area contributed by atoms with E-state index in [1.54, 1.807) is 24.3 Å². The van der Waals surface area contributed by atoms with Crippen LogP contribution in [-0.4, -0.2) is 32.3 Å². The third kappa shape index (κ3) is 6.10.